The van der Waals surface area contributed by atoms with Crippen LogP contribution in [0.1, 0.15) is 87.1 Å². The van der Waals surface area contributed by atoms with Gasteiger partial charge < -0.3 is 23.5 Å². The summed E-state index contributed by atoms with van der Waals surface area (Å²) in [6.07, 6.45) is 1.11. The Balaban J connectivity index is 1.46. The second-order valence-electron chi connectivity index (χ2n) is 13.6. The molecular formula is C34H45B2NO4. The van der Waals surface area contributed by atoms with Gasteiger partial charge in [-0.25, -0.2) is 0 Å². The van der Waals surface area contributed by atoms with E-state index in [-0.39, 0.29) is 22.4 Å². The summed E-state index contributed by atoms with van der Waals surface area (Å²) < 4.78 is 25.2. The van der Waals surface area contributed by atoms with Gasteiger partial charge in [0.15, 0.2) is 0 Å². The van der Waals surface area contributed by atoms with Gasteiger partial charge in [0.2, 0.25) is 0 Å². The predicted molar refractivity (Wildman–Crippen MR) is 171 cm³/mol. The van der Waals surface area contributed by atoms with Gasteiger partial charge >= 0.3 is 14.2 Å². The molecule has 0 spiro atoms. The molecule has 2 aliphatic rings. The molecule has 0 aliphatic carbocycles. The van der Waals surface area contributed by atoms with Crippen molar-refractivity contribution in [2.75, 3.05) is 4.90 Å². The molecule has 0 saturated carbocycles. The van der Waals surface area contributed by atoms with Crippen molar-refractivity contribution in [1.82, 2.24) is 0 Å². The van der Waals surface area contributed by atoms with Gasteiger partial charge in [0.05, 0.1) is 22.4 Å². The number of rotatable bonds is 7. The third-order valence-corrected chi connectivity index (χ3v) is 9.69. The molecule has 41 heavy (non-hydrogen) atoms. The summed E-state index contributed by atoms with van der Waals surface area (Å²) in [5.41, 5.74) is 5.09. The number of anilines is 3. The smallest absolute Gasteiger partial charge is 0.399 e. The Morgan fingerprint density at radius 1 is 0.537 bits per heavy atom. The molecule has 2 fully saturated rings. The molecule has 3 aromatic rings. The normalized spacial score (nSPS) is 21.2. The van der Waals surface area contributed by atoms with E-state index in [1.807, 2.05) is 0 Å². The molecule has 2 saturated heterocycles. The van der Waals surface area contributed by atoms with Gasteiger partial charge in [-0.1, -0.05) is 50.2 Å². The lowest BCUT2D eigenvalue weighted by Gasteiger charge is -2.32. The summed E-state index contributed by atoms with van der Waals surface area (Å²) in [4.78, 5) is 2.28. The second kappa shape index (κ2) is 10.6. The minimum absolute atomic E-state index is 0.376. The Hall–Kier alpha value is -2.57. The predicted octanol–water partition coefficient (Wildman–Crippen LogP) is 7.27. The van der Waals surface area contributed by atoms with Crippen LogP contribution in [0, 0.1) is 0 Å². The Morgan fingerprint density at radius 2 is 0.829 bits per heavy atom. The van der Waals surface area contributed by atoms with Crippen molar-refractivity contribution < 1.29 is 18.6 Å². The number of hydrogen-bond donors (Lipinski definition) is 0. The molecule has 2 heterocycles. The molecule has 5 nitrogen and oxygen atoms in total. The van der Waals surface area contributed by atoms with Crippen molar-refractivity contribution in [3.63, 3.8) is 0 Å². The molecule has 2 aliphatic heterocycles. The summed E-state index contributed by atoms with van der Waals surface area (Å²) in [6.45, 7) is 21.2. The number of nitrogens with zero attached hydrogens (tertiary/aromatic N) is 1. The van der Waals surface area contributed by atoms with Crippen LogP contribution in [-0.2, 0) is 18.6 Å². The summed E-state index contributed by atoms with van der Waals surface area (Å²) in [5.74, 6) is 0.524. The molecule has 5 rings (SSSR count). The van der Waals surface area contributed by atoms with Gasteiger partial charge in [-0.05, 0) is 121 Å². The van der Waals surface area contributed by atoms with E-state index in [0.29, 0.717) is 5.92 Å². The minimum Gasteiger partial charge on any atom is -0.399 e. The highest BCUT2D eigenvalue weighted by atomic mass is 16.7. The first-order chi connectivity index (χ1) is 19.1. The third-order valence-electron chi connectivity index (χ3n) is 9.69. The van der Waals surface area contributed by atoms with Crippen molar-refractivity contribution in [3.05, 3.63) is 78.4 Å². The lowest BCUT2D eigenvalue weighted by Crippen LogP contribution is -2.41. The van der Waals surface area contributed by atoms with Crippen LogP contribution in [0.2, 0.25) is 0 Å². The maximum Gasteiger partial charge on any atom is 0.494 e. The average Bonchev–Trinajstić information content (AvgIpc) is 3.29. The SMILES string of the molecule is CC[C@@H](C)c1ccc(N(c2ccc(B3OC(C)(C)C(C)(C)O3)cc2)c2ccc(B3OC(C)(C)C(C)(C)O3)cc2)cc1. The molecule has 0 amide bonds. The van der Waals surface area contributed by atoms with Gasteiger partial charge in [0.1, 0.15) is 0 Å². The fourth-order valence-corrected chi connectivity index (χ4v) is 5.15. The average molecular weight is 553 g/mol. The van der Waals surface area contributed by atoms with E-state index >= 15 is 0 Å². The Kier molecular flexibility index (Phi) is 7.74. The van der Waals surface area contributed by atoms with E-state index in [4.69, 9.17) is 18.6 Å². The van der Waals surface area contributed by atoms with Gasteiger partial charge in [0, 0.05) is 17.1 Å². The van der Waals surface area contributed by atoms with Gasteiger partial charge in [-0.3, -0.25) is 0 Å². The van der Waals surface area contributed by atoms with Crippen molar-refractivity contribution in [2.24, 2.45) is 0 Å². The van der Waals surface area contributed by atoms with Crippen LogP contribution >= 0.6 is 0 Å². The monoisotopic (exact) mass is 553 g/mol. The van der Waals surface area contributed by atoms with E-state index in [1.54, 1.807) is 0 Å². The maximum absolute atomic E-state index is 6.30. The minimum atomic E-state index is -0.392. The first kappa shape index (κ1) is 29.9. The molecule has 3 aromatic carbocycles. The topological polar surface area (TPSA) is 40.2 Å². The summed E-state index contributed by atoms with van der Waals surface area (Å²) >= 11 is 0. The standard InChI is InChI=1S/C34H45B2NO4/c1-11-24(2)25-12-18-28(19-13-25)37(29-20-14-26(15-21-29)35-38-31(3,4)32(5,6)39-35)30-22-16-27(17-23-30)36-40-33(7,8)34(9,10)41-36/h12-24H,11H2,1-10H3/t24-/m1/s1. The zero-order chi connectivity index (χ0) is 29.8. The van der Waals surface area contributed by atoms with Gasteiger partial charge in [-0.15, -0.1) is 0 Å². The van der Waals surface area contributed by atoms with E-state index in [9.17, 15) is 0 Å². The van der Waals surface area contributed by atoms with Crippen LogP contribution < -0.4 is 15.8 Å². The molecule has 0 N–H and O–H groups in total. The van der Waals surface area contributed by atoms with E-state index < -0.39 is 14.2 Å². The van der Waals surface area contributed by atoms with Crippen LogP contribution in [0.25, 0.3) is 0 Å². The van der Waals surface area contributed by atoms with Crippen LogP contribution in [0.4, 0.5) is 17.1 Å². The van der Waals surface area contributed by atoms with Crippen LogP contribution in [0.3, 0.4) is 0 Å². The molecule has 216 valence electrons. The fourth-order valence-electron chi connectivity index (χ4n) is 5.15. The summed E-state index contributed by atoms with van der Waals surface area (Å²) in [7, 11) is -0.784. The zero-order valence-electron chi connectivity index (χ0n) is 26.4. The summed E-state index contributed by atoms with van der Waals surface area (Å²) in [6, 6.07) is 25.9. The molecule has 1 atom stereocenters. The first-order valence-corrected chi connectivity index (χ1v) is 15.0. The highest BCUT2D eigenvalue weighted by molar-refractivity contribution is 6.62. The zero-order valence-corrected chi connectivity index (χ0v) is 26.4. The molecule has 0 unspecified atom stereocenters. The Bertz CT molecular complexity index is 1240. The molecule has 7 heteroatoms. The lowest BCUT2D eigenvalue weighted by atomic mass is 9.79. The van der Waals surface area contributed by atoms with Crippen molar-refractivity contribution in [2.45, 2.75) is 104 Å². The van der Waals surface area contributed by atoms with Crippen LogP contribution in [0.5, 0.6) is 0 Å². The highest BCUT2D eigenvalue weighted by Gasteiger charge is 2.52. The van der Waals surface area contributed by atoms with Crippen LogP contribution in [0.15, 0.2) is 72.8 Å². The van der Waals surface area contributed by atoms with Gasteiger partial charge in [-0.2, -0.15) is 0 Å². The second-order valence-corrected chi connectivity index (χ2v) is 13.6. The largest absolute Gasteiger partial charge is 0.494 e. The first-order valence-electron chi connectivity index (χ1n) is 15.0. The van der Waals surface area contributed by atoms with E-state index in [2.05, 4.69) is 147 Å². The Morgan fingerprint density at radius 3 is 1.12 bits per heavy atom. The molecule has 0 radical (unpaired) electrons. The van der Waals surface area contributed by atoms with Gasteiger partial charge in [0.25, 0.3) is 0 Å². The van der Waals surface area contributed by atoms with Crippen LogP contribution in [-0.4, -0.2) is 36.6 Å². The maximum atomic E-state index is 6.30. The summed E-state index contributed by atoms with van der Waals surface area (Å²) in [5, 5.41) is 0. The molecular weight excluding hydrogens is 508 g/mol. The van der Waals surface area contributed by atoms with E-state index in [0.717, 1.165) is 34.4 Å². The highest BCUT2D eigenvalue weighted by Crippen LogP contribution is 2.39. The molecule has 0 bridgehead atoms. The lowest BCUT2D eigenvalue weighted by molar-refractivity contribution is 0.00578. The van der Waals surface area contributed by atoms with Crippen molar-refractivity contribution >= 4 is 42.2 Å². The fraction of sp³-hybridized carbons (Fsp3) is 0.471. The number of benzene rings is 3. The number of hydrogen-bond acceptors (Lipinski definition) is 5. The Labute approximate surface area is 247 Å². The van der Waals surface area contributed by atoms with Crippen molar-refractivity contribution in [3.8, 4) is 0 Å². The van der Waals surface area contributed by atoms with E-state index in [1.165, 1.54) is 5.56 Å². The quantitative estimate of drug-likeness (QED) is 0.288. The third kappa shape index (κ3) is 5.62. The van der Waals surface area contributed by atoms with Crippen molar-refractivity contribution in [1.29, 1.82) is 0 Å². The molecule has 0 aromatic heterocycles.